The van der Waals surface area contributed by atoms with E-state index in [2.05, 4.69) is 13.5 Å². The van der Waals surface area contributed by atoms with Crippen LogP contribution in [0.5, 0.6) is 0 Å². The van der Waals surface area contributed by atoms with Gasteiger partial charge in [0.15, 0.2) is 0 Å². The van der Waals surface area contributed by atoms with Gasteiger partial charge in [0.05, 0.1) is 5.60 Å². The lowest BCUT2D eigenvalue weighted by Gasteiger charge is -2.00. The van der Waals surface area contributed by atoms with E-state index in [0.717, 1.165) is 6.42 Å². The van der Waals surface area contributed by atoms with Crippen LogP contribution in [0.15, 0.2) is 12.2 Å². The molecule has 0 heterocycles. The van der Waals surface area contributed by atoms with Crippen molar-refractivity contribution < 1.29 is 4.74 Å². The van der Waals surface area contributed by atoms with E-state index < -0.39 is 0 Å². The quantitative estimate of drug-likeness (QED) is 0.450. The average Bonchev–Trinajstić information content (AvgIpc) is 2.18. The minimum Gasteiger partial charge on any atom is -0.374 e. The molecule has 0 N–H and O–H groups in total. The van der Waals surface area contributed by atoms with Crippen molar-refractivity contribution in [2.24, 2.45) is 0 Å². The number of hydrogen-bond donors (Lipinski definition) is 0. The molecule has 0 bridgehead atoms. The first-order chi connectivity index (χ1) is 3.19. The molecule has 40 valence electrons. The standard InChI is InChI=1S/C6H10O/c1-5-4-6(5,2)7-3/h1,4H2,2-3H3. The van der Waals surface area contributed by atoms with Crippen LogP contribution in [0.3, 0.4) is 0 Å². The molecule has 0 radical (unpaired) electrons. The minimum absolute atomic E-state index is 0.0556. The Kier molecular flexibility index (Phi) is 0.762. The van der Waals surface area contributed by atoms with Gasteiger partial charge in [-0.2, -0.15) is 0 Å². The number of rotatable bonds is 1. The summed E-state index contributed by atoms with van der Waals surface area (Å²) in [6, 6.07) is 0. The van der Waals surface area contributed by atoms with E-state index in [4.69, 9.17) is 4.74 Å². The molecule has 1 aliphatic carbocycles. The zero-order valence-electron chi connectivity index (χ0n) is 4.82. The van der Waals surface area contributed by atoms with Crippen molar-refractivity contribution in [1.82, 2.24) is 0 Å². The van der Waals surface area contributed by atoms with Gasteiger partial charge in [0.1, 0.15) is 0 Å². The highest BCUT2D eigenvalue weighted by Gasteiger charge is 2.42. The maximum absolute atomic E-state index is 5.06. The molecule has 7 heavy (non-hydrogen) atoms. The SMILES string of the molecule is C=C1CC1(C)OC. The van der Waals surface area contributed by atoms with E-state index in [0.29, 0.717) is 0 Å². The summed E-state index contributed by atoms with van der Waals surface area (Å²) in [6.07, 6.45) is 1.05. The molecule has 0 aliphatic heterocycles. The molecule has 0 amide bonds. The zero-order valence-corrected chi connectivity index (χ0v) is 4.82. The normalized spacial score (nSPS) is 38.9. The van der Waals surface area contributed by atoms with Crippen molar-refractivity contribution in [3.8, 4) is 0 Å². The summed E-state index contributed by atoms with van der Waals surface area (Å²) in [5, 5.41) is 0. The molecule has 1 aliphatic rings. The van der Waals surface area contributed by atoms with Gasteiger partial charge in [0.2, 0.25) is 0 Å². The molecule has 0 saturated heterocycles. The predicted molar refractivity (Wildman–Crippen MR) is 29.2 cm³/mol. The lowest BCUT2D eigenvalue weighted by atomic mass is 10.4. The second-order valence-corrected chi connectivity index (χ2v) is 2.22. The van der Waals surface area contributed by atoms with Crippen LogP contribution in [-0.2, 0) is 4.74 Å². The highest BCUT2D eigenvalue weighted by atomic mass is 16.5. The average molecular weight is 98.1 g/mol. The molecule has 1 nitrogen and oxygen atoms in total. The minimum atomic E-state index is 0.0556. The van der Waals surface area contributed by atoms with Crippen LogP contribution in [-0.4, -0.2) is 12.7 Å². The summed E-state index contributed by atoms with van der Waals surface area (Å²) >= 11 is 0. The first-order valence-corrected chi connectivity index (χ1v) is 2.42. The molecule has 1 rings (SSSR count). The molecule has 1 saturated carbocycles. The second-order valence-electron chi connectivity index (χ2n) is 2.22. The third-order valence-corrected chi connectivity index (χ3v) is 1.62. The fourth-order valence-electron chi connectivity index (χ4n) is 0.580. The predicted octanol–water partition coefficient (Wildman–Crippen LogP) is 1.35. The fraction of sp³-hybridized carbons (Fsp3) is 0.667. The third kappa shape index (κ3) is 0.570. The van der Waals surface area contributed by atoms with E-state index in [-0.39, 0.29) is 5.60 Å². The second kappa shape index (κ2) is 1.10. The van der Waals surface area contributed by atoms with Crippen LogP contribution in [0.2, 0.25) is 0 Å². The van der Waals surface area contributed by atoms with Gasteiger partial charge >= 0.3 is 0 Å². The molecule has 1 fully saturated rings. The van der Waals surface area contributed by atoms with Crippen molar-refractivity contribution in [2.75, 3.05) is 7.11 Å². The third-order valence-electron chi connectivity index (χ3n) is 1.62. The van der Waals surface area contributed by atoms with E-state index in [1.807, 2.05) is 0 Å². The van der Waals surface area contributed by atoms with Crippen LogP contribution in [0.1, 0.15) is 13.3 Å². The molecule has 1 atom stereocenters. The summed E-state index contributed by atoms with van der Waals surface area (Å²) in [6.45, 7) is 5.82. The first kappa shape index (κ1) is 4.85. The largest absolute Gasteiger partial charge is 0.374 e. The summed E-state index contributed by atoms with van der Waals surface area (Å²) in [7, 11) is 1.72. The Morgan fingerprint density at radius 1 is 1.86 bits per heavy atom. The smallest absolute Gasteiger partial charge is 0.0896 e. The van der Waals surface area contributed by atoms with Crippen molar-refractivity contribution in [2.45, 2.75) is 18.9 Å². The van der Waals surface area contributed by atoms with Crippen molar-refractivity contribution in [3.63, 3.8) is 0 Å². The Morgan fingerprint density at radius 3 is 2.29 bits per heavy atom. The Hall–Kier alpha value is -0.300. The van der Waals surface area contributed by atoms with Gasteiger partial charge in [-0.3, -0.25) is 0 Å². The molecule has 1 heteroatoms. The molecule has 0 spiro atoms. The Bertz CT molecular complexity index is 107. The number of methoxy groups -OCH3 is 1. The summed E-state index contributed by atoms with van der Waals surface area (Å²) in [5.41, 5.74) is 1.27. The molecule has 1 unspecified atom stereocenters. The first-order valence-electron chi connectivity index (χ1n) is 2.42. The molecule has 0 aromatic carbocycles. The van der Waals surface area contributed by atoms with E-state index in [9.17, 15) is 0 Å². The van der Waals surface area contributed by atoms with E-state index in [1.165, 1.54) is 5.57 Å². The van der Waals surface area contributed by atoms with Crippen molar-refractivity contribution >= 4 is 0 Å². The topological polar surface area (TPSA) is 9.23 Å². The van der Waals surface area contributed by atoms with Crippen molar-refractivity contribution in [3.05, 3.63) is 12.2 Å². The van der Waals surface area contributed by atoms with Gasteiger partial charge in [-0.25, -0.2) is 0 Å². The monoisotopic (exact) mass is 98.1 g/mol. The number of ether oxygens (including phenoxy) is 1. The van der Waals surface area contributed by atoms with Crippen LogP contribution >= 0.6 is 0 Å². The van der Waals surface area contributed by atoms with Gasteiger partial charge in [-0.1, -0.05) is 6.58 Å². The van der Waals surface area contributed by atoms with E-state index in [1.54, 1.807) is 7.11 Å². The lowest BCUT2D eigenvalue weighted by molar-refractivity contribution is 0.109. The summed E-state index contributed by atoms with van der Waals surface area (Å²) in [4.78, 5) is 0. The summed E-state index contributed by atoms with van der Waals surface area (Å²) in [5.74, 6) is 0. The van der Waals surface area contributed by atoms with Gasteiger partial charge in [0, 0.05) is 13.5 Å². The molecular formula is C6H10O. The van der Waals surface area contributed by atoms with Crippen molar-refractivity contribution in [1.29, 1.82) is 0 Å². The highest BCUT2D eigenvalue weighted by Crippen LogP contribution is 2.43. The molecular weight excluding hydrogens is 88.1 g/mol. The van der Waals surface area contributed by atoms with Crippen LogP contribution in [0.25, 0.3) is 0 Å². The Labute approximate surface area is 44.0 Å². The molecule has 0 aromatic heterocycles. The number of hydrogen-bond acceptors (Lipinski definition) is 1. The maximum Gasteiger partial charge on any atom is 0.0896 e. The Morgan fingerprint density at radius 2 is 2.29 bits per heavy atom. The van der Waals surface area contributed by atoms with Crippen LogP contribution < -0.4 is 0 Å². The van der Waals surface area contributed by atoms with Crippen LogP contribution in [0.4, 0.5) is 0 Å². The van der Waals surface area contributed by atoms with Gasteiger partial charge in [-0.15, -0.1) is 0 Å². The molecule has 0 aromatic rings. The van der Waals surface area contributed by atoms with E-state index >= 15 is 0 Å². The Balaban J connectivity index is 2.52. The fourth-order valence-corrected chi connectivity index (χ4v) is 0.580. The highest BCUT2D eigenvalue weighted by molar-refractivity contribution is 5.30. The van der Waals surface area contributed by atoms with Crippen LogP contribution in [0, 0.1) is 0 Å². The zero-order chi connectivity index (χ0) is 5.49. The summed E-state index contributed by atoms with van der Waals surface area (Å²) < 4.78 is 5.06. The van der Waals surface area contributed by atoms with Gasteiger partial charge in [0.25, 0.3) is 0 Å². The van der Waals surface area contributed by atoms with Gasteiger partial charge < -0.3 is 4.74 Å². The maximum atomic E-state index is 5.06. The van der Waals surface area contributed by atoms with Gasteiger partial charge in [-0.05, 0) is 12.5 Å². The lowest BCUT2D eigenvalue weighted by Crippen LogP contribution is -2.03.